The molecule has 0 saturated heterocycles. The molecule has 0 radical (unpaired) electrons. The van der Waals surface area contributed by atoms with Crippen molar-refractivity contribution in [3.8, 4) is 11.4 Å². The number of rotatable bonds is 6. The van der Waals surface area contributed by atoms with Crippen LogP contribution in [0.4, 0.5) is 11.8 Å². The van der Waals surface area contributed by atoms with Crippen molar-refractivity contribution in [3.05, 3.63) is 57.6 Å². The normalized spacial score (nSPS) is 13.5. The van der Waals surface area contributed by atoms with Gasteiger partial charge in [-0.05, 0) is 61.6 Å². The Morgan fingerprint density at radius 2 is 1.94 bits per heavy atom. The molecule has 3 heterocycles. The molecule has 0 atom stereocenters. The molecule has 0 saturated carbocycles. The van der Waals surface area contributed by atoms with Gasteiger partial charge in [0, 0.05) is 60.3 Å². The van der Waals surface area contributed by atoms with E-state index in [1.807, 2.05) is 32.3 Å². The number of nitrogens with one attached hydrogen (secondary N) is 1. The first-order valence-corrected chi connectivity index (χ1v) is 11.8. The topological polar surface area (TPSA) is 62.4 Å². The van der Waals surface area contributed by atoms with E-state index < -0.39 is 0 Å². The van der Waals surface area contributed by atoms with Gasteiger partial charge in [0.1, 0.15) is 5.82 Å². The van der Waals surface area contributed by atoms with E-state index in [-0.39, 0.29) is 0 Å². The molecule has 0 unspecified atom stereocenters. The molecular weight excluding hydrogens is 471 g/mol. The van der Waals surface area contributed by atoms with E-state index in [0.29, 0.717) is 21.9 Å². The van der Waals surface area contributed by atoms with Crippen molar-refractivity contribution in [2.24, 2.45) is 7.05 Å². The molecule has 7 nitrogen and oxygen atoms in total. The van der Waals surface area contributed by atoms with Crippen LogP contribution in [0.15, 0.2) is 40.9 Å². The molecule has 0 amide bonds. The van der Waals surface area contributed by atoms with Gasteiger partial charge in [0.05, 0.1) is 5.52 Å². The number of benzene rings is 2. The van der Waals surface area contributed by atoms with E-state index in [1.54, 1.807) is 6.07 Å². The lowest BCUT2D eigenvalue weighted by atomic mass is 9.98. The van der Waals surface area contributed by atoms with Gasteiger partial charge in [0.15, 0.2) is 0 Å². The summed E-state index contributed by atoms with van der Waals surface area (Å²) in [6, 6.07) is 12.3. The summed E-state index contributed by atoms with van der Waals surface area (Å²) >= 11 is 12.7. The average molecular weight is 497 g/mol. The van der Waals surface area contributed by atoms with Crippen LogP contribution in [0.2, 0.25) is 10.0 Å². The Labute approximate surface area is 208 Å². The maximum absolute atomic E-state index is 6.54. The molecule has 2 aromatic carbocycles. The van der Waals surface area contributed by atoms with Crippen molar-refractivity contribution in [1.29, 1.82) is 0 Å². The molecule has 176 valence electrons. The van der Waals surface area contributed by atoms with Crippen molar-refractivity contribution in [2.75, 3.05) is 51.0 Å². The maximum Gasteiger partial charge on any atom is 0.321 e. The molecule has 1 N–H and O–H groups in total. The molecule has 0 spiro atoms. The number of likely N-dealkylation sites (N-methyl/N-ethyl adjacent to an activating group) is 2. The van der Waals surface area contributed by atoms with Crippen LogP contribution < -0.4 is 10.2 Å². The predicted octanol–water partition coefficient (Wildman–Crippen LogP) is 5.50. The zero-order valence-corrected chi connectivity index (χ0v) is 21.1. The van der Waals surface area contributed by atoms with Crippen molar-refractivity contribution in [2.45, 2.75) is 0 Å². The number of halogens is 2. The Bertz CT molecular complexity index is 1400. The molecule has 0 aliphatic carbocycles. The number of hydrogen-bond donors (Lipinski definition) is 1. The molecule has 2 aromatic heterocycles. The van der Waals surface area contributed by atoms with E-state index in [9.17, 15) is 0 Å². The molecule has 9 heteroatoms. The van der Waals surface area contributed by atoms with Gasteiger partial charge in [-0.2, -0.15) is 4.98 Å². The SMILES string of the molecule is CN(C)CCNc1nc(-c2ccc3c(c2)c2c(n3C)N(C)CC(c3ccc(Cl)cc3Cl)=C2)no1. The fraction of sp³-hybridized carbons (Fsp3) is 0.280. The molecule has 34 heavy (non-hydrogen) atoms. The molecule has 1 aliphatic rings. The highest BCUT2D eigenvalue weighted by molar-refractivity contribution is 6.36. The summed E-state index contributed by atoms with van der Waals surface area (Å²) in [4.78, 5) is 8.87. The Morgan fingerprint density at radius 3 is 2.71 bits per heavy atom. The van der Waals surface area contributed by atoms with E-state index in [0.717, 1.165) is 58.6 Å². The minimum atomic E-state index is 0.423. The summed E-state index contributed by atoms with van der Waals surface area (Å²) in [5.41, 5.74) is 5.30. The first-order valence-electron chi connectivity index (χ1n) is 11.0. The molecule has 0 bridgehead atoms. The van der Waals surface area contributed by atoms with Gasteiger partial charge >= 0.3 is 6.01 Å². The fourth-order valence-corrected chi connectivity index (χ4v) is 4.99. The maximum atomic E-state index is 6.54. The van der Waals surface area contributed by atoms with Gasteiger partial charge in [-0.25, -0.2) is 0 Å². The third-order valence-corrected chi connectivity index (χ3v) is 6.64. The quantitative estimate of drug-likeness (QED) is 0.380. The first-order chi connectivity index (χ1) is 16.3. The Hall–Kier alpha value is -3.00. The van der Waals surface area contributed by atoms with Crippen molar-refractivity contribution >= 4 is 57.6 Å². The zero-order chi connectivity index (χ0) is 24.0. The number of aryl methyl sites for hydroxylation is 1. The van der Waals surface area contributed by atoms with Gasteiger partial charge < -0.3 is 24.2 Å². The average Bonchev–Trinajstić information content (AvgIpc) is 3.36. The smallest absolute Gasteiger partial charge is 0.321 e. The van der Waals surface area contributed by atoms with E-state index in [1.165, 1.54) is 0 Å². The number of hydrogen-bond acceptors (Lipinski definition) is 6. The highest BCUT2D eigenvalue weighted by Gasteiger charge is 2.24. The minimum absolute atomic E-state index is 0.423. The predicted molar refractivity (Wildman–Crippen MR) is 141 cm³/mol. The van der Waals surface area contributed by atoms with Gasteiger partial charge in [0.2, 0.25) is 5.82 Å². The van der Waals surface area contributed by atoms with E-state index >= 15 is 0 Å². The van der Waals surface area contributed by atoms with Crippen molar-refractivity contribution in [3.63, 3.8) is 0 Å². The van der Waals surface area contributed by atoms with Crippen LogP contribution >= 0.6 is 23.2 Å². The van der Waals surface area contributed by atoms with Crippen LogP contribution in [0.1, 0.15) is 11.1 Å². The van der Waals surface area contributed by atoms with Crippen LogP contribution in [0.25, 0.3) is 33.9 Å². The van der Waals surface area contributed by atoms with Crippen LogP contribution in [0.3, 0.4) is 0 Å². The number of fused-ring (bicyclic) bond motifs is 3. The second-order valence-corrected chi connectivity index (χ2v) is 9.67. The second kappa shape index (κ2) is 8.98. The molecule has 4 aromatic rings. The lowest BCUT2D eigenvalue weighted by molar-refractivity contribution is 0.410. The Kier molecular flexibility index (Phi) is 6.02. The molecule has 5 rings (SSSR count). The van der Waals surface area contributed by atoms with Crippen molar-refractivity contribution in [1.82, 2.24) is 19.6 Å². The first kappa shape index (κ1) is 22.8. The molecular formula is C25H26Cl2N6O. The lowest BCUT2D eigenvalue weighted by Gasteiger charge is -2.27. The standard InChI is InChI=1S/C25H26Cl2N6O/c1-31(2)10-9-28-25-29-23(30-34-25)15-5-8-22-19(11-15)20-12-16(14-32(3)24(20)33(22)4)18-7-6-17(26)13-21(18)27/h5-8,11-13H,9-10,14H2,1-4H3,(H,28,29,30). The van der Waals surface area contributed by atoms with Gasteiger partial charge in [-0.1, -0.05) is 34.4 Å². The Morgan fingerprint density at radius 1 is 1.12 bits per heavy atom. The van der Waals surface area contributed by atoms with Gasteiger partial charge in [-0.15, -0.1) is 0 Å². The number of aromatic nitrogens is 3. The summed E-state index contributed by atoms with van der Waals surface area (Å²) in [5, 5.41) is 9.76. The summed E-state index contributed by atoms with van der Waals surface area (Å²) in [5.74, 6) is 1.71. The third kappa shape index (κ3) is 4.15. The number of nitrogens with zero attached hydrogens (tertiary/aromatic N) is 5. The van der Waals surface area contributed by atoms with Gasteiger partial charge in [0.25, 0.3) is 0 Å². The Balaban J connectivity index is 1.55. The monoisotopic (exact) mass is 496 g/mol. The van der Waals surface area contributed by atoms with Crippen LogP contribution in [0.5, 0.6) is 0 Å². The summed E-state index contributed by atoms with van der Waals surface area (Å²) in [6.07, 6.45) is 2.22. The van der Waals surface area contributed by atoms with Crippen LogP contribution in [0, 0.1) is 0 Å². The van der Waals surface area contributed by atoms with Gasteiger partial charge in [-0.3, -0.25) is 0 Å². The van der Waals surface area contributed by atoms with Crippen molar-refractivity contribution < 1.29 is 4.52 Å². The third-order valence-electron chi connectivity index (χ3n) is 6.09. The summed E-state index contributed by atoms with van der Waals surface area (Å²) in [6.45, 7) is 2.35. The minimum Gasteiger partial charge on any atom is -0.356 e. The zero-order valence-electron chi connectivity index (χ0n) is 19.6. The summed E-state index contributed by atoms with van der Waals surface area (Å²) < 4.78 is 7.62. The highest BCUT2D eigenvalue weighted by atomic mass is 35.5. The molecule has 1 aliphatic heterocycles. The fourth-order valence-electron chi connectivity index (χ4n) is 4.46. The number of anilines is 2. The van der Waals surface area contributed by atoms with Crippen LogP contribution in [-0.2, 0) is 7.05 Å². The van der Waals surface area contributed by atoms with E-state index in [2.05, 4.69) is 62.1 Å². The summed E-state index contributed by atoms with van der Waals surface area (Å²) in [7, 11) is 8.23. The lowest BCUT2D eigenvalue weighted by Crippen LogP contribution is -2.25. The van der Waals surface area contributed by atoms with E-state index in [4.69, 9.17) is 27.7 Å². The second-order valence-electron chi connectivity index (χ2n) is 8.83. The van der Waals surface area contributed by atoms with Crippen LogP contribution in [-0.4, -0.2) is 60.4 Å². The molecule has 0 fully saturated rings. The highest BCUT2D eigenvalue weighted by Crippen LogP contribution is 2.41. The largest absolute Gasteiger partial charge is 0.356 e.